The van der Waals surface area contributed by atoms with Crippen LogP contribution in [0.1, 0.15) is 32.2 Å². The summed E-state index contributed by atoms with van der Waals surface area (Å²) in [6.07, 6.45) is 0.550. The van der Waals surface area contributed by atoms with Gasteiger partial charge in [-0.1, -0.05) is 41.6 Å². The van der Waals surface area contributed by atoms with Gasteiger partial charge >= 0.3 is 0 Å². The second-order valence-corrected chi connectivity index (χ2v) is 8.74. The lowest BCUT2D eigenvalue weighted by molar-refractivity contribution is 0.424. The highest BCUT2D eigenvalue weighted by Gasteiger charge is 2.22. The molecule has 26 heavy (non-hydrogen) atoms. The van der Waals surface area contributed by atoms with Crippen LogP contribution in [-0.4, -0.2) is 24.1 Å². The summed E-state index contributed by atoms with van der Waals surface area (Å²) < 4.78 is 32.9. The summed E-state index contributed by atoms with van der Waals surface area (Å²) in [6, 6.07) is 16.3. The van der Waals surface area contributed by atoms with Crippen molar-refractivity contribution in [3.05, 3.63) is 66.0 Å². The fourth-order valence-corrected chi connectivity index (χ4v) is 3.94. The zero-order valence-electron chi connectivity index (χ0n) is 14.9. The van der Waals surface area contributed by atoms with Gasteiger partial charge in [-0.15, -0.1) is 0 Å². The molecular formula is C19H21N3O3S. The van der Waals surface area contributed by atoms with Crippen molar-refractivity contribution in [1.29, 1.82) is 0 Å². The largest absolute Gasteiger partial charge is 0.334 e. The molecule has 1 heterocycles. The molecule has 3 rings (SSSR count). The normalized spacial score (nSPS) is 12.3. The van der Waals surface area contributed by atoms with Crippen molar-refractivity contribution in [3.63, 3.8) is 0 Å². The predicted octanol–water partition coefficient (Wildman–Crippen LogP) is 3.40. The molecule has 0 amide bonds. The Morgan fingerprint density at radius 2 is 1.77 bits per heavy atom. The zero-order valence-corrected chi connectivity index (χ0v) is 15.7. The summed E-state index contributed by atoms with van der Waals surface area (Å²) >= 11 is 0. The van der Waals surface area contributed by atoms with Crippen LogP contribution in [0.5, 0.6) is 0 Å². The Hall–Kier alpha value is -2.51. The topological polar surface area (TPSA) is 85.1 Å². The number of hydrogen-bond donors (Lipinski definition) is 1. The van der Waals surface area contributed by atoms with E-state index in [0.29, 0.717) is 23.7 Å². The Balaban J connectivity index is 1.85. The number of aromatic nitrogens is 2. The third-order valence-corrected chi connectivity index (χ3v) is 5.26. The van der Waals surface area contributed by atoms with Crippen LogP contribution in [0.2, 0.25) is 0 Å². The van der Waals surface area contributed by atoms with E-state index in [-0.39, 0.29) is 4.90 Å². The Kier molecular flexibility index (Phi) is 4.93. The zero-order chi connectivity index (χ0) is 18.8. The minimum Gasteiger partial charge on any atom is -0.334 e. The maximum atomic E-state index is 12.5. The van der Waals surface area contributed by atoms with Gasteiger partial charge in [-0.2, -0.15) is 4.98 Å². The molecule has 0 bridgehead atoms. The van der Waals surface area contributed by atoms with Crippen LogP contribution >= 0.6 is 0 Å². The van der Waals surface area contributed by atoms with Gasteiger partial charge in [-0.05, 0) is 44.5 Å². The van der Waals surface area contributed by atoms with Crippen molar-refractivity contribution >= 4 is 10.0 Å². The number of nitrogens with zero attached hydrogens (tertiary/aromatic N) is 2. The number of benzene rings is 2. The fraction of sp³-hybridized carbons (Fsp3) is 0.263. The summed E-state index contributed by atoms with van der Waals surface area (Å²) in [6.45, 7) is 5.38. The molecule has 0 atom stereocenters. The van der Waals surface area contributed by atoms with Crippen LogP contribution in [0.3, 0.4) is 0 Å². The molecule has 2 aromatic carbocycles. The lowest BCUT2D eigenvalue weighted by Crippen LogP contribution is -2.40. The standard InChI is InChI=1S/C19H21N3O3S/c1-19(2,3)22-26(23,24)16-11-7-10-15(13-16)18-20-17(21-25-18)12-14-8-5-4-6-9-14/h4-11,13,22H,12H2,1-3H3. The average molecular weight is 371 g/mol. The van der Waals surface area contributed by atoms with E-state index < -0.39 is 15.6 Å². The van der Waals surface area contributed by atoms with Crippen LogP contribution in [0.15, 0.2) is 64.0 Å². The van der Waals surface area contributed by atoms with Crippen molar-refractivity contribution in [2.45, 2.75) is 37.6 Å². The second kappa shape index (κ2) is 7.01. The van der Waals surface area contributed by atoms with Gasteiger partial charge in [0.15, 0.2) is 5.82 Å². The maximum absolute atomic E-state index is 12.5. The van der Waals surface area contributed by atoms with Crippen LogP contribution in [0, 0.1) is 0 Å². The minimum absolute atomic E-state index is 0.160. The first kappa shape index (κ1) is 18.3. The molecule has 0 fully saturated rings. The molecule has 1 N–H and O–H groups in total. The Bertz CT molecular complexity index is 990. The van der Waals surface area contributed by atoms with Crippen LogP contribution in [0.4, 0.5) is 0 Å². The van der Waals surface area contributed by atoms with E-state index in [4.69, 9.17) is 4.52 Å². The fourth-order valence-electron chi connectivity index (χ4n) is 2.48. The van der Waals surface area contributed by atoms with Gasteiger partial charge in [-0.3, -0.25) is 0 Å². The predicted molar refractivity (Wildman–Crippen MR) is 99.1 cm³/mol. The quantitative estimate of drug-likeness (QED) is 0.743. The molecule has 136 valence electrons. The molecule has 0 aliphatic carbocycles. The van der Waals surface area contributed by atoms with Gasteiger partial charge in [0.2, 0.25) is 10.0 Å². The van der Waals surface area contributed by atoms with Crippen molar-refractivity contribution in [2.24, 2.45) is 0 Å². The van der Waals surface area contributed by atoms with E-state index in [9.17, 15) is 8.42 Å². The van der Waals surface area contributed by atoms with Gasteiger partial charge < -0.3 is 4.52 Å². The molecule has 1 aromatic heterocycles. The van der Waals surface area contributed by atoms with Gasteiger partial charge in [0.05, 0.1) is 4.90 Å². The number of nitrogens with one attached hydrogen (secondary N) is 1. The third kappa shape index (κ3) is 4.56. The van der Waals surface area contributed by atoms with Crippen LogP contribution < -0.4 is 4.72 Å². The molecule has 0 unspecified atom stereocenters. The van der Waals surface area contributed by atoms with E-state index in [1.165, 1.54) is 6.07 Å². The number of hydrogen-bond acceptors (Lipinski definition) is 5. The average Bonchev–Trinajstić information content (AvgIpc) is 3.02. The SMILES string of the molecule is CC(C)(C)NS(=O)(=O)c1cccc(-c2nc(Cc3ccccc3)no2)c1. The molecule has 0 saturated carbocycles. The molecule has 0 spiro atoms. The molecule has 6 nitrogen and oxygen atoms in total. The molecule has 7 heteroatoms. The summed E-state index contributed by atoms with van der Waals surface area (Å²) in [4.78, 5) is 4.54. The van der Waals surface area contributed by atoms with E-state index in [0.717, 1.165) is 5.56 Å². The highest BCUT2D eigenvalue weighted by atomic mass is 32.2. The second-order valence-electron chi connectivity index (χ2n) is 7.06. The first-order valence-corrected chi connectivity index (χ1v) is 9.72. The lowest BCUT2D eigenvalue weighted by Gasteiger charge is -2.20. The van der Waals surface area contributed by atoms with Crippen molar-refractivity contribution in [2.75, 3.05) is 0 Å². The molecule has 0 saturated heterocycles. The van der Waals surface area contributed by atoms with Gasteiger partial charge in [0.25, 0.3) is 5.89 Å². The lowest BCUT2D eigenvalue weighted by atomic mass is 10.1. The minimum atomic E-state index is -3.63. The van der Waals surface area contributed by atoms with E-state index in [2.05, 4.69) is 14.9 Å². The number of rotatable bonds is 5. The van der Waals surface area contributed by atoms with Crippen LogP contribution in [0.25, 0.3) is 11.5 Å². The molecule has 0 radical (unpaired) electrons. The highest BCUT2D eigenvalue weighted by Crippen LogP contribution is 2.22. The van der Waals surface area contributed by atoms with Crippen molar-refractivity contribution in [1.82, 2.24) is 14.9 Å². The monoisotopic (exact) mass is 371 g/mol. The van der Waals surface area contributed by atoms with E-state index in [1.807, 2.05) is 30.3 Å². The first-order valence-electron chi connectivity index (χ1n) is 8.24. The summed E-state index contributed by atoms with van der Waals surface area (Å²) in [5.41, 5.74) is 1.07. The summed E-state index contributed by atoms with van der Waals surface area (Å²) in [5, 5.41) is 3.99. The van der Waals surface area contributed by atoms with Crippen LogP contribution in [-0.2, 0) is 16.4 Å². The van der Waals surface area contributed by atoms with Crippen molar-refractivity contribution in [3.8, 4) is 11.5 Å². The first-order chi connectivity index (χ1) is 12.2. The molecule has 0 aliphatic heterocycles. The van der Waals surface area contributed by atoms with Gasteiger partial charge in [0.1, 0.15) is 0 Å². The smallest absolute Gasteiger partial charge is 0.257 e. The summed E-state index contributed by atoms with van der Waals surface area (Å²) in [7, 11) is -3.63. The van der Waals surface area contributed by atoms with Gasteiger partial charge in [0, 0.05) is 17.5 Å². The molecular weight excluding hydrogens is 350 g/mol. The van der Waals surface area contributed by atoms with E-state index >= 15 is 0 Å². The third-order valence-electron chi connectivity index (χ3n) is 3.50. The Labute approximate surface area is 153 Å². The van der Waals surface area contributed by atoms with Gasteiger partial charge in [-0.25, -0.2) is 13.1 Å². The van der Waals surface area contributed by atoms with E-state index in [1.54, 1.807) is 39.0 Å². The molecule has 3 aromatic rings. The summed E-state index contributed by atoms with van der Waals surface area (Å²) in [5.74, 6) is 0.844. The number of sulfonamides is 1. The molecule has 0 aliphatic rings. The Morgan fingerprint density at radius 3 is 2.46 bits per heavy atom. The highest BCUT2D eigenvalue weighted by molar-refractivity contribution is 7.89. The maximum Gasteiger partial charge on any atom is 0.257 e. The Morgan fingerprint density at radius 1 is 1.04 bits per heavy atom. The van der Waals surface area contributed by atoms with Crippen molar-refractivity contribution < 1.29 is 12.9 Å².